The fraction of sp³-hybridized carbons (Fsp3) is 0.500. The number of hydrogen-bond acceptors (Lipinski definition) is 3. The zero-order valence-electron chi connectivity index (χ0n) is 8.03. The Bertz CT molecular complexity index is 399. The van der Waals surface area contributed by atoms with Gasteiger partial charge in [-0.3, -0.25) is 0 Å². The SMILES string of the molecule is CCCN(C)S(=O)(=O)c1sccc1Br. The molecule has 0 aromatic carbocycles. The van der Waals surface area contributed by atoms with Crippen LogP contribution in [0.3, 0.4) is 0 Å². The van der Waals surface area contributed by atoms with E-state index in [-0.39, 0.29) is 0 Å². The van der Waals surface area contributed by atoms with Gasteiger partial charge in [0.15, 0.2) is 0 Å². The Kier molecular flexibility index (Phi) is 4.12. The largest absolute Gasteiger partial charge is 0.253 e. The Balaban J connectivity index is 3.03. The van der Waals surface area contributed by atoms with Gasteiger partial charge in [0.1, 0.15) is 4.21 Å². The summed E-state index contributed by atoms with van der Waals surface area (Å²) < 4.78 is 26.2. The van der Waals surface area contributed by atoms with Crippen molar-refractivity contribution in [1.29, 1.82) is 0 Å². The summed E-state index contributed by atoms with van der Waals surface area (Å²) in [5.41, 5.74) is 0. The summed E-state index contributed by atoms with van der Waals surface area (Å²) in [5.74, 6) is 0. The lowest BCUT2D eigenvalue weighted by Crippen LogP contribution is -2.27. The minimum atomic E-state index is -3.28. The van der Waals surface area contributed by atoms with Crippen LogP contribution in [-0.4, -0.2) is 26.3 Å². The third-order valence-corrected chi connectivity index (χ3v) is 6.27. The molecule has 0 spiro atoms. The normalized spacial score (nSPS) is 12.3. The molecule has 0 unspecified atom stereocenters. The molecule has 14 heavy (non-hydrogen) atoms. The van der Waals surface area contributed by atoms with E-state index in [1.54, 1.807) is 18.5 Å². The van der Waals surface area contributed by atoms with Gasteiger partial charge in [-0.15, -0.1) is 11.3 Å². The van der Waals surface area contributed by atoms with Crippen LogP contribution >= 0.6 is 27.3 Å². The maximum absolute atomic E-state index is 11.9. The summed E-state index contributed by atoms with van der Waals surface area (Å²) in [6.45, 7) is 2.50. The van der Waals surface area contributed by atoms with E-state index in [1.165, 1.54) is 15.6 Å². The van der Waals surface area contributed by atoms with Crippen LogP contribution in [0.15, 0.2) is 20.1 Å². The molecule has 6 heteroatoms. The fourth-order valence-corrected chi connectivity index (χ4v) is 4.81. The van der Waals surface area contributed by atoms with Gasteiger partial charge in [-0.2, -0.15) is 0 Å². The molecule has 0 fully saturated rings. The quantitative estimate of drug-likeness (QED) is 0.856. The van der Waals surface area contributed by atoms with Crippen LogP contribution in [0.25, 0.3) is 0 Å². The zero-order valence-corrected chi connectivity index (χ0v) is 11.2. The van der Waals surface area contributed by atoms with E-state index in [9.17, 15) is 8.42 Å². The number of halogens is 1. The topological polar surface area (TPSA) is 37.4 Å². The monoisotopic (exact) mass is 297 g/mol. The highest BCUT2D eigenvalue weighted by molar-refractivity contribution is 9.10. The zero-order chi connectivity index (χ0) is 10.8. The third kappa shape index (κ3) is 2.36. The predicted molar refractivity (Wildman–Crippen MR) is 62.1 cm³/mol. The number of thiophene rings is 1. The van der Waals surface area contributed by atoms with Gasteiger partial charge in [0.05, 0.1) is 0 Å². The van der Waals surface area contributed by atoms with E-state index in [0.717, 1.165) is 6.42 Å². The minimum absolute atomic E-state index is 0.383. The fourth-order valence-electron chi connectivity index (χ4n) is 1.04. The van der Waals surface area contributed by atoms with Crippen molar-refractivity contribution < 1.29 is 8.42 Å². The number of hydrogen-bond donors (Lipinski definition) is 0. The van der Waals surface area contributed by atoms with Crippen LogP contribution in [0.1, 0.15) is 13.3 Å². The van der Waals surface area contributed by atoms with Crippen molar-refractivity contribution in [1.82, 2.24) is 4.31 Å². The molecule has 1 heterocycles. The maximum Gasteiger partial charge on any atom is 0.253 e. The molecule has 1 aromatic heterocycles. The Morgan fingerprint density at radius 2 is 2.21 bits per heavy atom. The summed E-state index contributed by atoms with van der Waals surface area (Å²) in [6.07, 6.45) is 0.818. The Labute approximate surface area is 96.9 Å². The van der Waals surface area contributed by atoms with Crippen molar-refractivity contribution in [2.24, 2.45) is 0 Å². The van der Waals surface area contributed by atoms with E-state index in [2.05, 4.69) is 15.9 Å². The van der Waals surface area contributed by atoms with Crippen LogP contribution in [0.4, 0.5) is 0 Å². The maximum atomic E-state index is 11.9. The summed E-state index contributed by atoms with van der Waals surface area (Å²) in [6, 6.07) is 1.75. The lowest BCUT2D eigenvalue weighted by atomic mass is 10.5. The number of nitrogens with zero attached hydrogens (tertiary/aromatic N) is 1. The highest BCUT2D eigenvalue weighted by Gasteiger charge is 2.23. The Morgan fingerprint density at radius 3 is 2.64 bits per heavy atom. The van der Waals surface area contributed by atoms with Crippen LogP contribution in [0.5, 0.6) is 0 Å². The first-order chi connectivity index (χ1) is 6.50. The van der Waals surface area contributed by atoms with Crippen molar-refractivity contribution in [2.45, 2.75) is 17.6 Å². The van der Waals surface area contributed by atoms with Gasteiger partial charge in [-0.25, -0.2) is 12.7 Å². The molecule has 80 valence electrons. The van der Waals surface area contributed by atoms with E-state index in [0.29, 0.717) is 15.2 Å². The third-order valence-electron chi connectivity index (χ3n) is 1.77. The van der Waals surface area contributed by atoms with Crippen molar-refractivity contribution in [3.63, 3.8) is 0 Å². The van der Waals surface area contributed by atoms with Gasteiger partial charge in [-0.1, -0.05) is 6.92 Å². The van der Waals surface area contributed by atoms with Gasteiger partial charge in [0, 0.05) is 18.1 Å². The average molecular weight is 298 g/mol. The first-order valence-corrected chi connectivity index (χ1v) is 7.30. The number of rotatable bonds is 4. The van der Waals surface area contributed by atoms with Gasteiger partial charge < -0.3 is 0 Å². The average Bonchev–Trinajstić information content (AvgIpc) is 2.52. The molecule has 0 aliphatic carbocycles. The highest BCUT2D eigenvalue weighted by Crippen LogP contribution is 2.29. The summed E-state index contributed by atoms with van der Waals surface area (Å²) in [5, 5.41) is 1.76. The van der Waals surface area contributed by atoms with Crippen molar-refractivity contribution in [2.75, 3.05) is 13.6 Å². The molecule has 0 aliphatic heterocycles. The highest BCUT2D eigenvalue weighted by atomic mass is 79.9. The molecule has 0 amide bonds. The molecule has 0 saturated carbocycles. The molecule has 0 bridgehead atoms. The van der Waals surface area contributed by atoms with E-state index in [1.807, 2.05) is 6.92 Å². The first kappa shape index (κ1) is 12.2. The molecule has 0 N–H and O–H groups in total. The van der Waals surface area contributed by atoms with Gasteiger partial charge in [0.25, 0.3) is 10.0 Å². The van der Waals surface area contributed by atoms with E-state index in [4.69, 9.17) is 0 Å². The van der Waals surface area contributed by atoms with Crippen LogP contribution in [0, 0.1) is 0 Å². The lowest BCUT2D eigenvalue weighted by molar-refractivity contribution is 0.470. The molecular weight excluding hydrogens is 286 g/mol. The first-order valence-electron chi connectivity index (χ1n) is 4.19. The molecule has 1 aromatic rings. The molecule has 0 radical (unpaired) electrons. The van der Waals surface area contributed by atoms with Crippen molar-refractivity contribution in [3.8, 4) is 0 Å². The summed E-state index contributed by atoms with van der Waals surface area (Å²) in [7, 11) is -1.68. The molecule has 0 atom stereocenters. The summed E-state index contributed by atoms with van der Waals surface area (Å²) in [4.78, 5) is 0. The van der Waals surface area contributed by atoms with Crippen LogP contribution in [-0.2, 0) is 10.0 Å². The molecule has 3 nitrogen and oxygen atoms in total. The Hall–Kier alpha value is 0.0900. The minimum Gasteiger partial charge on any atom is -0.206 e. The van der Waals surface area contributed by atoms with E-state index >= 15 is 0 Å². The van der Waals surface area contributed by atoms with Crippen LogP contribution in [0.2, 0.25) is 0 Å². The Morgan fingerprint density at radius 1 is 1.57 bits per heavy atom. The molecule has 0 saturated heterocycles. The van der Waals surface area contributed by atoms with Crippen LogP contribution < -0.4 is 0 Å². The smallest absolute Gasteiger partial charge is 0.206 e. The second-order valence-electron chi connectivity index (χ2n) is 2.88. The molecular formula is C8H12BrNO2S2. The summed E-state index contributed by atoms with van der Waals surface area (Å²) >= 11 is 4.46. The standard InChI is InChI=1S/C8H12BrNO2S2/c1-3-5-10(2)14(11,12)8-7(9)4-6-13-8/h4,6H,3,5H2,1-2H3. The van der Waals surface area contributed by atoms with E-state index < -0.39 is 10.0 Å². The number of sulfonamides is 1. The van der Waals surface area contributed by atoms with Gasteiger partial charge in [-0.05, 0) is 33.8 Å². The predicted octanol–water partition coefficient (Wildman–Crippen LogP) is 2.54. The second-order valence-corrected chi connectivity index (χ2v) is 6.89. The molecule has 0 aliphatic rings. The van der Waals surface area contributed by atoms with Gasteiger partial charge in [0.2, 0.25) is 0 Å². The van der Waals surface area contributed by atoms with Gasteiger partial charge >= 0.3 is 0 Å². The second kappa shape index (κ2) is 4.74. The lowest BCUT2D eigenvalue weighted by Gasteiger charge is -2.14. The van der Waals surface area contributed by atoms with Crippen molar-refractivity contribution in [3.05, 3.63) is 15.9 Å². The van der Waals surface area contributed by atoms with Crippen molar-refractivity contribution >= 4 is 37.3 Å². The molecule has 1 rings (SSSR count).